The van der Waals surface area contributed by atoms with Gasteiger partial charge in [0, 0.05) is 42.0 Å². The number of anilines is 1. The van der Waals surface area contributed by atoms with Gasteiger partial charge in [0.05, 0.1) is 12.9 Å². The Morgan fingerprint density at radius 3 is 2.69 bits per heavy atom. The van der Waals surface area contributed by atoms with Crippen LogP contribution in [-0.4, -0.2) is 43.6 Å². The summed E-state index contributed by atoms with van der Waals surface area (Å²) < 4.78 is 7.29. The van der Waals surface area contributed by atoms with E-state index in [4.69, 9.17) is 28.2 Å². The van der Waals surface area contributed by atoms with Crippen LogP contribution in [-0.2, 0) is 11.5 Å². The molecule has 1 N–H and O–H groups in total. The number of carbonyl (C=O) groups is 1. The summed E-state index contributed by atoms with van der Waals surface area (Å²) in [6.07, 6.45) is 6.17. The van der Waals surface area contributed by atoms with Crippen LogP contribution in [0.5, 0.6) is 0 Å². The van der Waals surface area contributed by atoms with E-state index in [2.05, 4.69) is 25.3 Å². The molecule has 3 aromatic rings. The normalized spacial score (nSPS) is 15.3. The number of nitrogens with one attached hydrogen (secondary N) is 1. The quantitative estimate of drug-likeness (QED) is 0.618. The molecular formula is C19H19ClN6O2S. The van der Waals surface area contributed by atoms with Gasteiger partial charge in [-0.1, -0.05) is 11.6 Å². The van der Waals surface area contributed by atoms with E-state index in [1.54, 1.807) is 29.2 Å². The maximum atomic E-state index is 12.4. The highest BCUT2D eigenvalue weighted by Gasteiger charge is 2.26. The zero-order valence-corrected chi connectivity index (χ0v) is 17.1. The van der Waals surface area contributed by atoms with Crippen LogP contribution in [0.3, 0.4) is 0 Å². The van der Waals surface area contributed by atoms with E-state index in [-0.39, 0.29) is 11.8 Å². The molecule has 150 valence electrons. The number of hydrogen-bond acceptors (Lipinski definition) is 7. The van der Waals surface area contributed by atoms with Crippen molar-refractivity contribution in [1.29, 1.82) is 0 Å². The zero-order chi connectivity index (χ0) is 20.2. The van der Waals surface area contributed by atoms with Crippen molar-refractivity contribution in [2.45, 2.75) is 19.5 Å². The fraction of sp³-hybridized carbons (Fsp3) is 0.316. The Labute approximate surface area is 177 Å². The molecule has 0 bridgehead atoms. The standard InChI is InChI=1S/C19H19ClN6O2S/c20-15-3-1-14(2-4-15)18-24-26(19(29)28-18)12-25-9-5-13(6-10-25)17(27)23-16-11-21-7-8-22-16/h1-4,7-8,11,13H,5-6,9-10,12H2,(H,22,23,27). The van der Waals surface area contributed by atoms with Gasteiger partial charge in [-0.05, 0) is 49.3 Å². The number of halogens is 1. The highest BCUT2D eigenvalue weighted by Crippen LogP contribution is 2.22. The summed E-state index contributed by atoms with van der Waals surface area (Å²) in [7, 11) is 0. The first kappa shape index (κ1) is 19.7. The van der Waals surface area contributed by atoms with Gasteiger partial charge >= 0.3 is 0 Å². The second-order valence-electron chi connectivity index (χ2n) is 6.79. The molecule has 0 radical (unpaired) electrons. The minimum atomic E-state index is -0.0526. The largest absolute Gasteiger partial charge is 0.409 e. The van der Waals surface area contributed by atoms with Gasteiger partial charge in [0.1, 0.15) is 0 Å². The number of rotatable bonds is 5. The summed E-state index contributed by atoms with van der Waals surface area (Å²) in [5, 5.41) is 7.95. The number of aromatic nitrogens is 4. The third-order valence-electron chi connectivity index (χ3n) is 4.80. The van der Waals surface area contributed by atoms with Gasteiger partial charge in [-0.25, -0.2) is 9.67 Å². The number of amides is 1. The summed E-state index contributed by atoms with van der Waals surface area (Å²) in [5.74, 6) is 0.866. The van der Waals surface area contributed by atoms with Crippen LogP contribution in [0.1, 0.15) is 12.8 Å². The lowest BCUT2D eigenvalue weighted by Crippen LogP contribution is -2.39. The smallest absolute Gasteiger partial charge is 0.288 e. The van der Waals surface area contributed by atoms with Crippen LogP contribution in [0, 0.1) is 10.8 Å². The van der Waals surface area contributed by atoms with Crippen LogP contribution in [0.2, 0.25) is 5.02 Å². The molecule has 1 amide bonds. The number of nitrogens with zero attached hydrogens (tertiary/aromatic N) is 5. The van der Waals surface area contributed by atoms with Crippen molar-refractivity contribution in [2.75, 3.05) is 18.4 Å². The number of piperidine rings is 1. The van der Waals surface area contributed by atoms with Crippen molar-refractivity contribution in [3.05, 3.63) is 52.7 Å². The average molecular weight is 431 g/mol. The summed E-state index contributed by atoms with van der Waals surface area (Å²) in [6.45, 7) is 2.06. The first-order valence-corrected chi connectivity index (χ1v) is 10.0. The Hall–Kier alpha value is -2.62. The SMILES string of the molecule is O=C(Nc1cnccn1)C1CCN(Cn2nc(-c3ccc(Cl)cc3)oc2=S)CC1. The Kier molecular flexibility index (Phi) is 5.98. The Balaban J connectivity index is 1.33. The van der Waals surface area contributed by atoms with E-state index in [0.717, 1.165) is 31.5 Å². The molecule has 1 aliphatic rings. The van der Waals surface area contributed by atoms with Crippen LogP contribution >= 0.6 is 23.8 Å². The van der Waals surface area contributed by atoms with Crippen molar-refractivity contribution in [1.82, 2.24) is 24.6 Å². The third-order valence-corrected chi connectivity index (χ3v) is 5.35. The lowest BCUT2D eigenvalue weighted by molar-refractivity contribution is -0.121. The lowest BCUT2D eigenvalue weighted by Gasteiger charge is -2.30. The molecule has 3 heterocycles. The maximum Gasteiger partial charge on any atom is 0.288 e. The Bertz CT molecular complexity index is 1030. The molecule has 0 saturated carbocycles. The topological polar surface area (TPSA) is 89.1 Å². The third kappa shape index (κ3) is 4.87. The predicted octanol–water partition coefficient (Wildman–Crippen LogP) is 3.62. The number of benzene rings is 1. The molecule has 0 unspecified atom stereocenters. The molecule has 1 aliphatic heterocycles. The Morgan fingerprint density at radius 2 is 2.00 bits per heavy atom. The van der Waals surface area contributed by atoms with Gasteiger partial charge in [0.2, 0.25) is 11.8 Å². The highest BCUT2D eigenvalue weighted by molar-refractivity contribution is 7.71. The summed E-state index contributed by atoms with van der Waals surface area (Å²) >= 11 is 11.2. The molecule has 8 nitrogen and oxygen atoms in total. The molecule has 10 heteroatoms. The van der Waals surface area contributed by atoms with E-state index >= 15 is 0 Å². The van der Waals surface area contributed by atoms with Crippen molar-refractivity contribution in [2.24, 2.45) is 5.92 Å². The van der Waals surface area contributed by atoms with Gasteiger partial charge < -0.3 is 9.73 Å². The molecule has 2 aromatic heterocycles. The van der Waals surface area contributed by atoms with Crippen molar-refractivity contribution in [3.8, 4) is 11.5 Å². The molecule has 1 aromatic carbocycles. The van der Waals surface area contributed by atoms with E-state index in [9.17, 15) is 4.79 Å². The second kappa shape index (κ2) is 8.81. The number of hydrogen-bond donors (Lipinski definition) is 1. The fourth-order valence-electron chi connectivity index (χ4n) is 3.22. The first-order valence-electron chi connectivity index (χ1n) is 9.21. The van der Waals surface area contributed by atoms with E-state index in [1.165, 1.54) is 6.20 Å². The number of likely N-dealkylation sites (tertiary alicyclic amines) is 1. The first-order chi connectivity index (χ1) is 14.1. The van der Waals surface area contributed by atoms with Crippen LogP contribution < -0.4 is 5.32 Å². The minimum absolute atomic E-state index is 0.0202. The van der Waals surface area contributed by atoms with Crippen LogP contribution in [0.15, 0.2) is 47.3 Å². The van der Waals surface area contributed by atoms with Gasteiger partial charge in [-0.2, -0.15) is 0 Å². The maximum absolute atomic E-state index is 12.4. The van der Waals surface area contributed by atoms with Gasteiger partial charge in [0.15, 0.2) is 5.82 Å². The minimum Gasteiger partial charge on any atom is -0.409 e. The van der Waals surface area contributed by atoms with Gasteiger partial charge in [0.25, 0.3) is 4.84 Å². The predicted molar refractivity (Wildman–Crippen MR) is 111 cm³/mol. The average Bonchev–Trinajstić information content (AvgIpc) is 3.10. The summed E-state index contributed by atoms with van der Waals surface area (Å²) in [5.41, 5.74) is 0.818. The molecule has 0 aliphatic carbocycles. The molecule has 0 spiro atoms. The molecule has 29 heavy (non-hydrogen) atoms. The van der Waals surface area contributed by atoms with E-state index < -0.39 is 0 Å². The highest BCUT2D eigenvalue weighted by atomic mass is 35.5. The lowest BCUT2D eigenvalue weighted by atomic mass is 9.96. The van der Waals surface area contributed by atoms with E-state index in [0.29, 0.717) is 28.2 Å². The zero-order valence-electron chi connectivity index (χ0n) is 15.5. The van der Waals surface area contributed by atoms with Gasteiger partial charge in [-0.3, -0.25) is 14.7 Å². The molecule has 0 atom stereocenters. The molecule has 1 fully saturated rings. The second-order valence-corrected chi connectivity index (χ2v) is 7.58. The molecule has 4 rings (SSSR count). The monoisotopic (exact) mass is 430 g/mol. The fourth-order valence-corrected chi connectivity index (χ4v) is 3.53. The van der Waals surface area contributed by atoms with Crippen LogP contribution in [0.25, 0.3) is 11.5 Å². The van der Waals surface area contributed by atoms with Crippen molar-refractivity contribution < 1.29 is 9.21 Å². The van der Waals surface area contributed by atoms with E-state index in [1.807, 2.05) is 12.1 Å². The summed E-state index contributed by atoms with van der Waals surface area (Å²) in [6, 6.07) is 7.25. The number of carbonyl (C=O) groups excluding carboxylic acids is 1. The molecular weight excluding hydrogens is 412 g/mol. The summed E-state index contributed by atoms with van der Waals surface area (Å²) in [4.78, 5) is 23.0. The van der Waals surface area contributed by atoms with Crippen molar-refractivity contribution >= 4 is 35.5 Å². The Morgan fingerprint density at radius 1 is 1.24 bits per heavy atom. The molecule has 1 saturated heterocycles. The van der Waals surface area contributed by atoms with Gasteiger partial charge in [-0.15, -0.1) is 5.10 Å². The van der Waals surface area contributed by atoms with Crippen molar-refractivity contribution in [3.63, 3.8) is 0 Å². The van der Waals surface area contributed by atoms with Crippen LogP contribution in [0.4, 0.5) is 5.82 Å².